The van der Waals surface area contributed by atoms with Gasteiger partial charge in [-0.05, 0) is 29.5 Å². The van der Waals surface area contributed by atoms with Gasteiger partial charge in [-0.1, -0.05) is 0 Å². The van der Waals surface area contributed by atoms with Crippen LogP contribution in [0.4, 0.5) is 22.0 Å². The van der Waals surface area contributed by atoms with Crippen molar-refractivity contribution in [2.45, 2.75) is 19.5 Å². The van der Waals surface area contributed by atoms with Crippen LogP contribution in [0.3, 0.4) is 0 Å². The lowest BCUT2D eigenvalue weighted by atomic mass is 10.1. The number of aromatic nitrogens is 1. The lowest BCUT2D eigenvalue weighted by Gasteiger charge is -2.14. The minimum Gasteiger partial charge on any atom is -0.260 e. The third kappa shape index (κ3) is 2.56. The van der Waals surface area contributed by atoms with Gasteiger partial charge in [-0.15, -0.1) is 0 Å². The predicted octanol–water partition coefficient (Wildman–Crippen LogP) is 3.95. The molecule has 0 amide bonds. The second-order valence-corrected chi connectivity index (χ2v) is 3.87. The van der Waals surface area contributed by atoms with Crippen LogP contribution in [0.2, 0.25) is 0 Å². The molecule has 0 saturated heterocycles. The fourth-order valence-electron chi connectivity index (χ4n) is 1.07. The van der Waals surface area contributed by atoms with Crippen molar-refractivity contribution in [2.24, 2.45) is 0 Å². The Morgan fingerprint density at radius 3 is 2.27 bits per heavy atom. The summed E-state index contributed by atoms with van der Waals surface area (Å²) in [5.74, 6) is 0. The highest BCUT2D eigenvalue weighted by Gasteiger charge is 2.37. The third-order valence-corrected chi connectivity index (χ3v) is 2.91. The molecule has 0 fully saturated rings. The minimum absolute atomic E-state index is 0.295. The Bertz CT molecular complexity index is 374. The van der Waals surface area contributed by atoms with Crippen molar-refractivity contribution >= 4 is 22.6 Å². The summed E-state index contributed by atoms with van der Waals surface area (Å²) in [5, 5.41) is 0. The van der Waals surface area contributed by atoms with Gasteiger partial charge in [0.2, 0.25) is 0 Å². The standard InChI is InChI=1S/C8H5F5IN/c1-3-5(8(11,12)13)6(14)4(2-15-3)7(9)10/h2,7H,1H3. The molecule has 1 nitrogen and oxygen atoms in total. The van der Waals surface area contributed by atoms with E-state index < -0.39 is 27.3 Å². The monoisotopic (exact) mass is 337 g/mol. The molecule has 0 radical (unpaired) electrons. The first-order valence-corrected chi connectivity index (χ1v) is 4.83. The van der Waals surface area contributed by atoms with Crippen LogP contribution in [-0.4, -0.2) is 4.98 Å². The van der Waals surface area contributed by atoms with E-state index in [1.54, 1.807) is 0 Å². The molecular weight excluding hydrogens is 332 g/mol. The van der Waals surface area contributed by atoms with Crippen molar-refractivity contribution < 1.29 is 22.0 Å². The van der Waals surface area contributed by atoms with E-state index in [2.05, 4.69) is 4.98 Å². The van der Waals surface area contributed by atoms with Gasteiger partial charge < -0.3 is 0 Å². The maximum Gasteiger partial charge on any atom is 0.419 e. The quantitative estimate of drug-likeness (QED) is 0.559. The first kappa shape index (κ1) is 12.6. The molecule has 15 heavy (non-hydrogen) atoms. The van der Waals surface area contributed by atoms with Crippen LogP contribution in [0, 0.1) is 10.5 Å². The predicted molar refractivity (Wildman–Crippen MR) is 51.7 cm³/mol. The molecule has 84 valence electrons. The van der Waals surface area contributed by atoms with Crippen molar-refractivity contribution in [3.63, 3.8) is 0 Å². The van der Waals surface area contributed by atoms with E-state index in [1.807, 2.05) is 0 Å². The molecule has 0 atom stereocenters. The molecule has 0 aliphatic carbocycles. The molecule has 1 aromatic rings. The summed E-state index contributed by atoms with van der Waals surface area (Å²) in [5.41, 5.74) is -2.06. The van der Waals surface area contributed by atoms with Crippen molar-refractivity contribution in [3.8, 4) is 0 Å². The third-order valence-electron chi connectivity index (χ3n) is 1.75. The summed E-state index contributed by atoms with van der Waals surface area (Å²) >= 11 is 1.27. The number of hydrogen-bond donors (Lipinski definition) is 0. The number of rotatable bonds is 1. The number of nitrogens with zero attached hydrogens (tertiary/aromatic N) is 1. The number of halogens is 6. The Hall–Kier alpha value is -0.470. The fraction of sp³-hybridized carbons (Fsp3) is 0.375. The van der Waals surface area contributed by atoms with Gasteiger partial charge in [-0.2, -0.15) is 13.2 Å². The lowest BCUT2D eigenvalue weighted by Crippen LogP contribution is -2.13. The topological polar surface area (TPSA) is 12.9 Å². The summed E-state index contributed by atoms with van der Waals surface area (Å²) in [6.45, 7) is 1.14. The van der Waals surface area contributed by atoms with Gasteiger partial charge in [0.05, 0.1) is 11.3 Å². The van der Waals surface area contributed by atoms with Gasteiger partial charge in [-0.25, -0.2) is 8.78 Å². The fourth-order valence-corrected chi connectivity index (χ4v) is 2.14. The molecule has 0 bridgehead atoms. The summed E-state index contributed by atoms with van der Waals surface area (Å²) in [4.78, 5) is 3.32. The maximum atomic E-state index is 12.5. The van der Waals surface area contributed by atoms with Crippen LogP contribution in [0.15, 0.2) is 6.20 Å². The second-order valence-electron chi connectivity index (χ2n) is 2.79. The zero-order valence-corrected chi connectivity index (χ0v) is 9.53. The molecule has 0 aliphatic heterocycles. The number of hydrogen-bond acceptors (Lipinski definition) is 1. The highest BCUT2D eigenvalue weighted by Crippen LogP contribution is 2.37. The van der Waals surface area contributed by atoms with Gasteiger partial charge in [-0.3, -0.25) is 4.98 Å². The van der Waals surface area contributed by atoms with Crippen LogP contribution in [0.25, 0.3) is 0 Å². The maximum absolute atomic E-state index is 12.5. The van der Waals surface area contributed by atoms with Crippen LogP contribution in [0.5, 0.6) is 0 Å². The summed E-state index contributed by atoms with van der Waals surface area (Å²) in [6, 6.07) is 0. The van der Waals surface area contributed by atoms with E-state index in [9.17, 15) is 22.0 Å². The highest BCUT2D eigenvalue weighted by molar-refractivity contribution is 14.1. The van der Waals surface area contributed by atoms with Crippen molar-refractivity contribution in [3.05, 3.63) is 26.6 Å². The molecule has 0 unspecified atom stereocenters. The minimum atomic E-state index is -4.65. The highest BCUT2D eigenvalue weighted by atomic mass is 127. The Balaban J connectivity index is 3.44. The van der Waals surface area contributed by atoms with Gasteiger partial charge in [0.25, 0.3) is 6.43 Å². The average molecular weight is 337 g/mol. The zero-order valence-electron chi connectivity index (χ0n) is 7.37. The van der Waals surface area contributed by atoms with E-state index in [0.29, 0.717) is 0 Å². The number of aryl methyl sites for hydroxylation is 1. The van der Waals surface area contributed by atoms with E-state index in [0.717, 1.165) is 13.1 Å². The zero-order chi connectivity index (χ0) is 11.8. The molecular formula is C8H5F5IN. The van der Waals surface area contributed by atoms with E-state index in [-0.39, 0.29) is 5.69 Å². The first-order chi connectivity index (χ1) is 6.75. The Morgan fingerprint density at radius 1 is 1.33 bits per heavy atom. The summed E-state index contributed by atoms with van der Waals surface area (Å²) < 4.78 is 61.5. The Morgan fingerprint density at radius 2 is 1.87 bits per heavy atom. The van der Waals surface area contributed by atoms with E-state index in [1.165, 1.54) is 22.6 Å². The largest absolute Gasteiger partial charge is 0.419 e. The molecule has 0 spiro atoms. The van der Waals surface area contributed by atoms with Crippen LogP contribution < -0.4 is 0 Å². The summed E-state index contributed by atoms with van der Waals surface area (Å²) in [6.07, 6.45) is -6.83. The van der Waals surface area contributed by atoms with E-state index in [4.69, 9.17) is 0 Å². The molecule has 0 aliphatic rings. The molecule has 0 aromatic carbocycles. The molecule has 1 heterocycles. The Labute approximate surface area is 95.8 Å². The van der Waals surface area contributed by atoms with Gasteiger partial charge in [0.15, 0.2) is 0 Å². The molecule has 7 heteroatoms. The molecule has 1 rings (SSSR count). The van der Waals surface area contributed by atoms with Crippen molar-refractivity contribution in [1.29, 1.82) is 0 Å². The summed E-state index contributed by atoms with van der Waals surface area (Å²) in [7, 11) is 0. The van der Waals surface area contributed by atoms with Crippen LogP contribution in [0.1, 0.15) is 23.2 Å². The van der Waals surface area contributed by atoms with Crippen molar-refractivity contribution in [1.82, 2.24) is 4.98 Å². The number of alkyl halides is 5. The Kier molecular flexibility index (Phi) is 3.51. The van der Waals surface area contributed by atoms with Crippen molar-refractivity contribution in [2.75, 3.05) is 0 Å². The van der Waals surface area contributed by atoms with Gasteiger partial charge >= 0.3 is 6.18 Å². The molecule has 0 saturated carbocycles. The van der Waals surface area contributed by atoms with Crippen LogP contribution in [-0.2, 0) is 6.18 Å². The van der Waals surface area contributed by atoms with Gasteiger partial charge in [0.1, 0.15) is 0 Å². The molecule has 0 N–H and O–H groups in total. The second kappa shape index (κ2) is 4.18. The SMILES string of the molecule is Cc1ncc(C(F)F)c(I)c1C(F)(F)F. The average Bonchev–Trinajstić information content (AvgIpc) is 2.00. The smallest absolute Gasteiger partial charge is 0.260 e. The molecule has 1 aromatic heterocycles. The lowest BCUT2D eigenvalue weighted by molar-refractivity contribution is -0.139. The van der Waals surface area contributed by atoms with Gasteiger partial charge in [0, 0.05) is 15.3 Å². The number of pyridine rings is 1. The van der Waals surface area contributed by atoms with Crippen LogP contribution >= 0.6 is 22.6 Å². The van der Waals surface area contributed by atoms with E-state index >= 15 is 0 Å². The first-order valence-electron chi connectivity index (χ1n) is 3.75. The normalized spacial score (nSPS) is 12.3.